The highest BCUT2D eigenvalue weighted by Gasteiger charge is 2.20. The largest absolute Gasteiger partial charge is 0.352 e. The molecule has 0 unspecified atom stereocenters. The number of anilines is 1. The van der Waals surface area contributed by atoms with Gasteiger partial charge in [0.15, 0.2) is 5.82 Å². The van der Waals surface area contributed by atoms with Crippen LogP contribution in [0.3, 0.4) is 0 Å². The number of hydrogen-bond donors (Lipinski definition) is 0. The van der Waals surface area contributed by atoms with E-state index in [0.29, 0.717) is 0 Å². The van der Waals surface area contributed by atoms with E-state index in [4.69, 9.17) is 0 Å². The van der Waals surface area contributed by atoms with E-state index < -0.39 is 0 Å². The summed E-state index contributed by atoms with van der Waals surface area (Å²) in [5, 5.41) is 4.48. The van der Waals surface area contributed by atoms with E-state index in [-0.39, 0.29) is 0 Å². The Balaban J connectivity index is 1.46. The van der Waals surface area contributed by atoms with E-state index in [9.17, 15) is 0 Å². The monoisotopic (exact) mass is 307 g/mol. The van der Waals surface area contributed by atoms with Gasteiger partial charge in [0.2, 0.25) is 0 Å². The average Bonchev–Trinajstić information content (AvgIpc) is 2.97. The topological polar surface area (TPSA) is 36.7 Å². The van der Waals surface area contributed by atoms with Crippen molar-refractivity contribution in [3.63, 3.8) is 0 Å². The fraction of sp³-hybridized carbons (Fsp3) is 0.333. The second kappa shape index (κ2) is 6.01. The van der Waals surface area contributed by atoms with Crippen LogP contribution in [-0.2, 0) is 6.54 Å². The maximum atomic E-state index is 4.60. The van der Waals surface area contributed by atoms with E-state index in [1.54, 1.807) is 0 Å². The smallest absolute Gasteiger partial charge is 0.154 e. The van der Waals surface area contributed by atoms with Crippen molar-refractivity contribution in [2.75, 3.05) is 31.1 Å². The normalized spacial score (nSPS) is 16.1. The number of aryl methyl sites for hydroxylation is 1. The minimum Gasteiger partial charge on any atom is -0.352 e. The van der Waals surface area contributed by atoms with E-state index >= 15 is 0 Å². The Morgan fingerprint density at radius 1 is 1.04 bits per heavy atom. The Hall–Kier alpha value is -2.40. The highest BCUT2D eigenvalue weighted by Crippen LogP contribution is 2.21. The molecule has 2 aromatic heterocycles. The minimum atomic E-state index is 1.00. The van der Waals surface area contributed by atoms with Crippen molar-refractivity contribution in [3.05, 3.63) is 60.0 Å². The Kier molecular flexibility index (Phi) is 3.71. The highest BCUT2D eigenvalue weighted by atomic mass is 15.3. The zero-order valence-corrected chi connectivity index (χ0v) is 13.4. The summed E-state index contributed by atoms with van der Waals surface area (Å²) in [5.41, 5.74) is 3.51. The quantitative estimate of drug-likeness (QED) is 0.744. The molecule has 0 atom stereocenters. The number of benzene rings is 1. The lowest BCUT2D eigenvalue weighted by atomic mass is 10.2. The molecular formula is C18H21N5. The maximum absolute atomic E-state index is 4.60. The zero-order chi connectivity index (χ0) is 15.6. The van der Waals surface area contributed by atoms with Crippen molar-refractivity contribution in [1.29, 1.82) is 0 Å². The first-order chi connectivity index (χ1) is 11.3. The molecule has 1 aliphatic heterocycles. The zero-order valence-electron chi connectivity index (χ0n) is 13.4. The molecule has 0 N–H and O–H groups in total. The third-order valence-corrected chi connectivity index (χ3v) is 4.41. The van der Waals surface area contributed by atoms with Crippen LogP contribution in [0.25, 0.3) is 5.52 Å². The Bertz CT molecular complexity index is 788. The van der Waals surface area contributed by atoms with Crippen molar-refractivity contribution < 1.29 is 0 Å². The van der Waals surface area contributed by atoms with Gasteiger partial charge in [0.25, 0.3) is 0 Å². The Labute approximate surface area is 136 Å². The summed E-state index contributed by atoms with van der Waals surface area (Å²) < 4.78 is 1.92. The van der Waals surface area contributed by atoms with Gasteiger partial charge in [-0.1, -0.05) is 30.3 Å². The molecule has 5 nitrogen and oxygen atoms in total. The summed E-state index contributed by atoms with van der Waals surface area (Å²) in [5.74, 6) is 1.05. The molecule has 0 amide bonds. The van der Waals surface area contributed by atoms with Crippen LogP contribution >= 0.6 is 0 Å². The van der Waals surface area contributed by atoms with Gasteiger partial charge in [-0.05, 0) is 18.6 Å². The summed E-state index contributed by atoms with van der Waals surface area (Å²) in [6.45, 7) is 7.18. The molecule has 1 aliphatic rings. The van der Waals surface area contributed by atoms with Gasteiger partial charge < -0.3 is 4.90 Å². The van der Waals surface area contributed by atoms with Crippen LogP contribution in [0.1, 0.15) is 11.3 Å². The molecule has 0 spiro atoms. The predicted molar refractivity (Wildman–Crippen MR) is 91.7 cm³/mol. The summed E-state index contributed by atoms with van der Waals surface area (Å²) >= 11 is 0. The van der Waals surface area contributed by atoms with Crippen LogP contribution in [0.4, 0.5) is 5.82 Å². The molecule has 0 radical (unpaired) electrons. The van der Waals surface area contributed by atoms with Gasteiger partial charge in [0.1, 0.15) is 5.52 Å². The van der Waals surface area contributed by atoms with Crippen molar-refractivity contribution in [3.8, 4) is 0 Å². The fourth-order valence-corrected chi connectivity index (χ4v) is 3.23. The van der Waals surface area contributed by atoms with Gasteiger partial charge in [-0.15, -0.1) is 0 Å². The summed E-state index contributed by atoms with van der Waals surface area (Å²) in [6.07, 6.45) is 3.75. The molecule has 3 heterocycles. The van der Waals surface area contributed by atoms with E-state index in [1.807, 2.05) is 23.8 Å². The van der Waals surface area contributed by atoms with Crippen LogP contribution < -0.4 is 4.90 Å². The first-order valence-electron chi connectivity index (χ1n) is 8.12. The second-order valence-corrected chi connectivity index (χ2v) is 6.12. The van der Waals surface area contributed by atoms with E-state index in [1.165, 1.54) is 5.56 Å². The molecule has 1 fully saturated rings. The standard InChI is InChI=1S/C18H21N5/c1-15-13-17-18(19-7-8-23(17)20-15)22-11-9-21(10-12-22)14-16-5-3-2-4-6-16/h2-8,13H,9-12,14H2,1H3. The number of aromatic nitrogens is 3. The van der Waals surface area contributed by atoms with Crippen LogP contribution in [0.2, 0.25) is 0 Å². The van der Waals surface area contributed by atoms with Gasteiger partial charge in [-0.3, -0.25) is 4.90 Å². The van der Waals surface area contributed by atoms with Crippen molar-refractivity contribution in [2.24, 2.45) is 0 Å². The molecular weight excluding hydrogens is 286 g/mol. The first kappa shape index (κ1) is 14.2. The van der Waals surface area contributed by atoms with E-state index in [2.05, 4.69) is 56.3 Å². The molecule has 3 aromatic rings. The molecule has 1 saturated heterocycles. The molecule has 1 aromatic carbocycles. The van der Waals surface area contributed by atoms with Crippen LogP contribution in [0.15, 0.2) is 48.8 Å². The molecule has 5 heteroatoms. The van der Waals surface area contributed by atoms with Crippen molar-refractivity contribution >= 4 is 11.3 Å². The number of nitrogens with zero attached hydrogens (tertiary/aromatic N) is 5. The number of fused-ring (bicyclic) bond motifs is 1. The van der Waals surface area contributed by atoms with Gasteiger partial charge in [-0.2, -0.15) is 5.10 Å². The lowest BCUT2D eigenvalue weighted by molar-refractivity contribution is 0.249. The molecule has 0 bridgehead atoms. The lowest BCUT2D eigenvalue weighted by Crippen LogP contribution is -2.46. The van der Waals surface area contributed by atoms with Crippen LogP contribution in [0.5, 0.6) is 0 Å². The average molecular weight is 307 g/mol. The summed E-state index contributed by atoms with van der Waals surface area (Å²) in [7, 11) is 0. The van der Waals surface area contributed by atoms with E-state index in [0.717, 1.165) is 49.8 Å². The molecule has 118 valence electrons. The summed E-state index contributed by atoms with van der Waals surface area (Å²) in [4.78, 5) is 9.48. The predicted octanol–water partition coefficient (Wildman–Crippen LogP) is 2.36. The van der Waals surface area contributed by atoms with Crippen molar-refractivity contribution in [2.45, 2.75) is 13.5 Å². The number of piperazine rings is 1. The number of hydrogen-bond acceptors (Lipinski definition) is 4. The molecule has 0 aliphatic carbocycles. The number of rotatable bonds is 3. The molecule has 0 saturated carbocycles. The summed E-state index contributed by atoms with van der Waals surface area (Å²) in [6, 6.07) is 12.8. The highest BCUT2D eigenvalue weighted by molar-refractivity contribution is 5.69. The third kappa shape index (κ3) is 2.92. The first-order valence-corrected chi connectivity index (χ1v) is 8.12. The molecule has 23 heavy (non-hydrogen) atoms. The van der Waals surface area contributed by atoms with Crippen LogP contribution in [-0.4, -0.2) is 45.7 Å². The molecule has 4 rings (SSSR count). The van der Waals surface area contributed by atoms with Gasteiger partial charge >= 0.3 is 0 Å². The third-order valence-electron chi connectivity index (χ3n) is 4.41. The second-order valence-electron chi connectivity index (χ2n) is 6.12. The van der Waals surface area contributed by atoms with Gasteiger partial charge in [0.05, 0.1) is 5.69 Å². The Morgan fingerprint density at radius 2 is 1.83 bits per heavy atom. The van der Waals surface area contributed by atoms with Gasteiger partial charge in [-0.25, -0.2) is 9.50 Å². The Morgan fingerprint density at radius 3 is 2.61 bits per heavy atom. The minimum absolute atomic E-state index is 1.00. The van der Waals surface area contributed by atoms with Gasteiger partial charge in [0, 0.05) is 45.1 Å². The van der Waals surface area contributed by atoms with Crippen molar-refractivity contribution in [1.82, 2.24) is 19.5 Å². The van der Waals surface area contributed by atoms with Crippen LogP contribution in [0, 0.1) is 6.92 Å². The lowest BCUT2D eigenvalue weighted by Gasteiger charge is -2.35. The maximum Gasteiger partial charge on any atom is 0.154 e. The SMILES string of the molecule is Cc1cc2c(N3CCN(Cc4ccccc4)CC3)nccn2n1. The fourth-order valence-electron chi connectivity index (χ4n) is 3.23.